The molecule has 10 heavy (non-hydrogen) atoms. The van der Waals surface area contributed by atoms with Crippen molar-refractivity contribution in [2.75, 3.05) is 19.1 Å². The number of thioether (sulfide) groups is 1. The lowest BCUT2D eigenvalue weighted by atomic mass is 10.5. The average Bonchev–Trinajstić information content (AvgIpc) is 1.89. The van der Waals surface area contributed by atoms with Gasteiger partial charge >= 0.3 is 0 Å². The zero-order chi connectivity index (χ0) is 7.82. The Morgan fingerprint density at radius 3 is 2.90 bits per heavy atom. The normalized spacial score (nSPS) is 12.5. The van der Waals surface area contributed by atoms with Gasteiger partial charge in [-0.3, -0.25) is 0 Å². The summed E-state index contributed by atoms with van der Waals surface area (Å²) in [5.74, 6) is 1.06. The summed E-state index contributed by atoms with van der Waals surface area (Å²) in [6, 6.07) is 0. The molecule has 0 fully saturated rings. The molecule has 0 spiro atoms. The molecule has 0 aromatic carbocycles. The van der Waals surface area contributed by atoms with Crippen molar-refractivity contribution in [1.82, 2.24) is 5.32 Å². The Labute approximate surface area is 75.1 Å². The fourth-order valence-corrected chi connectivity index (χ4v) is 1.15. The van der Waals surface area contributed by atoms with Crippen LogP contribution < -0.4 is 5.32 Å². The molecule has 0 unspecified atom stereocenters. The molecule has 1 nitrogen and oxygen atoms in total. The topological polar surface area (TPSA) is 12.0 Å². The molecule has 0 aliphatic rings. The number of allylic oxidation sites excluding steroid dienone is 2. The highest BCUT2D eigenvalue weighted by atomic mass is 79.9. The van der Waals surface area contributed by atoms with Crippen molar-refractivity contribution >= 4 is 27.7 Å². The van der Waals surface area contributed by atoms with Gasteiger partial charge in [0.25, 0.3) is 0 Å². The number of hydrogen-bond donors (Lipinski definition) is 1. The van der Waals surface area contributed by atoms with Gasteiger partial charge < -0.3 is 5.32 Å². The van der Waals surface area contributed by atoms with Crippen LogP contribution >= 0.6 is 27.7 Å². The van der Waals surface area contributed by atoms with Crippen LogP contribution in [0.2, 0.25) is 0 Å². The third-order valence-electron chi connectivity index (χ3n) is 0.822. The van der Waals surface area contributed by atoms with Gasteiger partial charge in [-0.15, -0.1) is 0 Å². The van der Waals surface area contributed by atoms with E-state index in [1.165, 1.54) is 0 Å². The Balaban J connectivity index is 3.55. The van der Waals surface area contributed by atoms with Crippen LogP contribution in [0.3, 0.4) is 0 Å². The van der Waals surface area contributed by atoms with Crippen LogP contribution in [-0.2, 0) is 0 Å². The maximum atomic E-state index is 3.37. The lowest BCUT2D eigenvalue weighted by molar-refractivity contribution is 1.10. The molecule has 0 heterocycles. The summed E-state index contributed by atoms with van der Waals surface area (Å²) in [6.07, 6.45) is 8.13. The third kappa shape index (κ3) is 6.23. The molecule has 0 rings (SSSR count). The van der Waals surface area contributed by atoms with E-state index >= 15 is 0 Å². The summed E-state index contributed by atoms with van der Waals surface area (Å²) in [5.41, 5.74) is 0. The number of nitrogens with one attached hydrogen (secondary N) is 1. The maximum absolute atomic E-state index is 3.37. The fraction of sp³-hybridized carbons (Fsp3) is 0.429. The second-order valence-electron chi connectivity index (χ2n) is 1.68. The summed E-state index contributed by atoms with van der Waals surface area (Å²) in [7, 11) is 1.88. The number of hydrogen-bond acceptors (Lipinski definition) is 2. The lowest BCUT2D eigenvalue weighted by Crippen LogP contribution is -1.91. The summed E-state index contributed by atoms with van der Waals surface area (Å²) >= 11 is 5.18. The van der Waals surface area contributed by atoms with E-state index in [0.29, 0.717) is 0 Å². The van der Waals surface area contributed by atoms with E-state index < -0.39 is 0 Å². The zero-order valence-corrected chi connectivity index (χ0v) is 8.63. The van der Waals surface area contributed by atoms with Crippen molar-refractivity contribution < 1.29 is 0 Å². The first-order valence-electron chi connectivity index (χ1n) is 2.99. The molecule has 0 aliphatic heterocycles. The van der Waals surface area contributed by atoms with E-state index in [-0.39, 0.29) is 0 Å². The summed E-state index contributed by atoms with van der Waals surface area (Å²) < 4.78 is 1.07. The average molecular weight is 222 g/mol. The van der Waals surface area contributed by atoms with E-state index in [9.17, 15) is 0 Å². The fourth-order valence-electron chi connectivity index (χ4n) is 0.443. The van der Waals surface area contributed by atoms with Gasteiger partial charge in [0.2, 0.25) is 0 Å². The van der Waals surface area contributed by atoms with Crippen LogP contribution in [0.25, 0.3) is 0 Å². The first-order chi connectivity index (χ1) is 4.81. The first kappa shape index (κ1) is 10.1. The number of rotatable bonds is 4. The van der Waals surface area contributed by atoms with E-state index in [1.54, 1.807) is 11.8 Å². The highest BCUT2D eigenvalue weighted by Crippen LogP contribution is 2.05. The quantitative estimate of drug-likeness (QED) is 0.733. The van der Waals surface area contributed by atoms with E-state index in [0.717, 1.165) is 10.2 Å². The van der Waals surface area contributed by atoms with Gasteiger partial charge in [-0.25, -0.2) is 0 Å². The van der Waals surface area contributed by atoms with Crippen LogP contribution in [0.1, 0.15) is 0 Å². The molecule has 0 saturated carbocycles. The Kier molecular flexibility index (Phi) is 7.30. The molecule has 0 radical (unpaired) electrons. The van der Waals surface area contributed by atoms with Crippen molar-refractivity contribution in [3.8, 4) is 0 Å². The molecule has 0 aromatic rings. The highest BCUT2D eigenvalue weighted by Gasteiger charge is 1.79. The van der Waals surface area contributed by atoms with Crippen LogP contribution in [0.5, 0.6) is 0 Å². The van der Waals surface area contributed by atoms with Crippen LogP contribution in [0.4, 0.5) is 0 Å². The minimum absolute atomic E-state index is 1.06. The SMILES string of the molecule is CN/C=C(Br)\C=C/CSC. The minimum atomic E-state index is 1.06. The van der Waals surface area contributed by atoms with Crippen molar-refractivity contribution in [1.29, 1.82) is 0 Å². The maximum Gasteiger partial charge on any atom is 0.0329 e. The van der Waals surface area contributed by atoms with Gasteiger partial charge in [0.15, 0.2) is 0 Å². The Hall–Kier alpha value is 0.110. The van der Waals surface area contributed by atoms with Gasteiger partial charge in [-0.1, -0.05) is 6.08 Å². The second-order valence-corrected chi connectivity index (χ2v) is 3.50. The van der Waals surface area contributed by atoms with Gasteiger partial charge in [0.1, 0.15) is 0 Å². The molecular formula is C7H12BrNS. The summed E-state index contributed by atoms with van der Waals surface area (Å²) in [4.78, 5) is 0. The van der Waals surface area contributed by atoms with Crippen molar-refractivity contribution in [2.24, 2.45) is 0 Å². The molecular weight excluding hydrogens is 210 g/mol. The molecule has 58 valence electrons. The molecule has 0 aromatic heterocycles. The Bertz CT molecular complexity index is 132. The van der Waals surface area contributed by atoms with Gasteiger partial charge in [0.05, 0.1) is 0 Å². The zero-order valence-electron chi connectivity index (χ0n) is 6.23. The van der Waals surface area contributed by atoms with Crippen molar-refractivity contribution in [3.05, 3.63) is 22.8 Å². The molecule has 1 N–H and O–H groups in total. The minimum Gasteiger partial charge on any atom is -0.393 e. The van der Waals surface area contributed by atoms with Crippen LogP contribution in [0, 0.1) is 0 Å². The van der Waals surface area contributed by atoms with Crippen LogP contribution in [0.15, 0.2) is 22.8 Å². The van der Waals surface area contributed by atoms with E-state index in [4.69, 9.17) is 0 Å². The van der Waals surface area contributed by atoms with Gasteiger partial charge in [-0.05, 0) is 28.3 Å². The lowest BCUT2D eigenvalue weighted by Gasteiger charge is -1.89. The largest absolute Gasteiger partial charge is 0.393 e. The molecule has 0 amide bonds. The molecule has 0 atom stereocenters. The molecule has 0 bridgehead atoms. The Morgan fingerprint density at radius 1 is 1.70 bits per heavy atom. The molecule has 0 saturated heterocycles. The van der Waals surface area contributed by atoms with E-state index in [2.05, 4.69) is 33.6 Å². The molecule has 3 heteroatoms. The first-order valence-corrected chi connectivity index (χ1v) is 5.18. The predicted molar refractivity (Wildman–Crippen MR) is 53.6 cm³/mol. The van der Waals surface area contributed by atoms with Gasteiger partial charge in [-0.2, -0.15) is 11.8 Å². The standard InChI is InChI=1S/C7H12BrNS/c1-9-6-7(8)4-3-5-10-2/h3-4,6,9H,5H2,1-2H3/b4-3-,7-6+. The van der Waals surface area contributed by atoms with E-state index in [1.807, 2.05) is 19.3 Å². The second kappa shape index (κ2) is 7.22. The van der Waals surface area contributed by atoms with Crippen LogP contribution in [-0.4, -0.2) is 19.1 Å². The molecule has 0 aliphatic carbocycles. The van der Waals surface area contributed by atoms with Crippen molar-refractivity contribution in [2.45, 2.75) is 0 Å². The number of halogens is 1. The summed E-state index contributed by atoms with van der Waals surface area (Å²) in [6.45, 7) is 0. The third-order valence-corrected chi connectivity index (χ3v) is 1.84. The highest BCUT2D eigenvalue weighted by molar-refractivity contribution is 9.11. The monoisotopic (exact) mass is 221 g/mol. The Morgan fingerprint density at radius 2 is 2.40 bits per heavy atom. The van der Waals surface area contributed by atoms with Gasteiger partial charge in [0, 0.05) is 23.5 Å². The van der Waals surface area contributed by atoms with Crippen molar-refractivity contribution in [3.63, 3.8) is 0 Å². The summed E-state index contributed by atoms with van der Waals surface area (Å²) in [5, 5.41) is 2.93. The smallest absolute Gasteiger partial charge is 0.0329 e. The predicted octanol–water partition coefficient (Wildman–Crippen LogP) is 2.36.